The Labute approximate surface area is 150 Å². The Hall–Kier alpha value is -2.13. The van der Waals surface area contributed by atoms with E-state index in [0.717, 1.165) is 42.4 Å². The zero-order valence-corrected chi connectivity index (χ0v) is 15.2. The van der Waals surface area contributed by atoms with Crippen LogP contribution in [0, 0.1) is 0 Å². The molecular formula is C22H27NO2. The molecule has 1 atom stereocenters. The van der Waals surface area contributed by atoms with Crippen molar-refractivity contribution < 1.29 is 9.53 Å². The van der Waals surface area contributed by atoms with Crippen LogP contribution in [0.4, 0.5) is 0 Å². The van der Waals surface area contributed by atoms with Gasteiger partial charge in [-0.2, -0.15) is 0 Å². The highest BCUT2D eigenvalue weighted by atomic mass is 16.5. The first-order valence-electron chi connectivity index (χ1n) is 9.36. The number of fused-ring (bicyclic) bond motifs is 1. The van der Waals surface area contributed by atoms with E-state index in [1.54, 1.807) is 0 Å². The van der Waals surface area contributed by atoms with Gasteiger partial charge in [-0.1, -0.05) is 75.2 Å². The van der Waals surface area contributed by atoms with Gasteiger partial charge in [0.15, 0.2) is 5.72 Å². The van der Waals surface area contributed by atoms with Crippen molar-refractivity contribution in [2.24, 2.45) is 0 Å². The summed E-state index contributed by atoms with van der Waals surface area (Å²) in [5, 5.41) is 0. The molecule has 132 valence electrons. The number of hydrogen-bond acceptors (Lipinski definition) is 2. The van der Waals surface area contributed by atoms with Gasteiger partial charge in [-0.25, -0.2) is 0 Å². The van der Waals surface area contributed by atoms with E-state index in [1.807, 2.05) is 47.4 Å². The summed E-state index contributed by atoms with van der Waals surface area (Å²) in [6.45, 7) is 5.60. The van der Waals surface area contributed by atoms with Crippen LogP contribution in [-0.4, -0.2) is 24.0 Å². The third-order valence-electron chi connectivity index (χ3n) is 4.81. The molecule has 1 aliphatic rings. The Morgan fingerprint density at radius 3 is 2.36 bits per heavy atom. The second kappa shape index (κ2) is 7.83. The first kappa shape index (κ1) is 17.7. The van der Waals surface area contributed by atoms with Gasteiger partial charge in [0.05, 0.1) is 0 Å². The lowest BCUT2D eigenvalue weighted by molar-refractivity contribution is -0.108. The molecule has 0 saturated carbocycles. The van der Waals surface area contributed by atoms with Gasteiger partial charge < -0.3 is 9.64 Å². The maximum Gasteiger partial charge on any atom is 0.257 e. The van der Waals surface area contributed by atoms with Gasteiger partial charge in [-0.05, 0) is 18.9 Å². The molecule has 1 aliphatic heterocycles. The fourth-order valence-corrected chi connectivity index (χ4v) is 3.64. The molecule has 0 fully saturated rings. The Balaban J connectivity index is 2.13. The molecule has 25 heavy (non-hydrogen) atoms. The average Bonchev–Trinajstić information content (AvgIpc) is 2.91. The van der Waals surface area contributed by atoms with Crippen LogP contribution in [0.15, 0.2) is 54.6 Å². The third-order valence-corrected chi connectivity index (χ3v) is 4.81. The fraction of sp³-hybridized carbons (Fsp3) is 0.409. The van der Waals surface area contributed by atoms with E-state index in [9.17, 15) is 4.79 Å². The number of rotatable bonds is 8. The molecule has 0 bridgehead atoms. The number of carbonyl (C=O) groups is 1. The zero-order valence-electron chi connectivity index (χ0n) is 15.2. The highest BCUT2D eigenvalue weighted by Crippen LogP contribution is 2.45. The molecule has 3 nitrogen and oxygen atoms in total. The van der Waals surface area contributed by atoms with E-state index in [1.165, 1.54) is 0 Å². The summed E-state index contributed by atoms with van der Waals surface area (Å²) in [6, 6.07) is 18.1. The molecule has 1 heterocycles. The Morgan fingerprint density at radius 2 is 1.64 bits per heavy atom. The molecule has 0 N–H and O–H groups in total. The molecule has 0 radical (unpaired) electrons. The van der Waals surface area contributed by atoms with Gasteiger partial charge in [0.25, 0.3) is 5.91 Å². The van der Waals surface area contributed by atoms with Crippen molar-refractivity contribution in [3.05, 3.63) is 71.3 Å². The molecular weight excluding hydrogens is 310 g/mol. The highest BCUT2D eigenvalue weighted by Gasteiger charge is 2.51. The monoisotopic (exact) mass is 337 g/mol. The van der Waals surface area contributed by atoms with Crippen molar-refractivity contribution in [1.82, 2.24) is 4.90 Å². The molecule has 0 saturated heterocycles. The minimum Gasteiger partial charge on any atom is -0.347 e. The summed E-state index contributed by atoms with van der Waals surface area (Å²) in [4.78, 5) is 15.1. The Bertz CT molecular complexity index is 713. The van der Waals surface area contributed by atoms with Gasteiger partial charge >= 0.3 is 0 Å². The molecule has 0 spiro atoms. The molecule has 0 aromatic heterocycles. The van der Waals surface area contributed by atoms with Crippen LogP contribution >= 0.6 is 0 Å². The smallest absolute Gasteiger partial charge is 0.257 e. The predicted molar refractivity (Wildman–Crippen MR) is 100 cm³/mol. The normalized spacial score (nSPS) is 19.3. The quantitative estimate of drug-likeness (QED) is 0.637. The number of ether oxygens (including phenoxy) is 1. The van der Waals surface area contributed by atoms with E-state index >= 15 is 0 Å². The minimum absolute atomic E-state index is 0.0756. The van der Waals surface area contributed by atoms with Gasteiger partial charge in [-0.15, -0.1) is 0 Å². The molecule has 2 aromatic carbocycles. The lowest BCUT2D eigenvalue weighted by Gasteiger charge is -2.39. The van der Waals surface area contributed by atoms with Gasteiger partial charge in [0, 0.05) is 29.8 Å². The minimum atomic E-state index is -0.807. The topological polar surface area (TPSA) is 29.5 Å². The average molecular weight is 337 g/mol. The van der Waals surface area contributed by atoms with Crippen molar-refractivity contribution in [2.45, 2.75) is 45.3 Å². The lowest BCUT2D eigenvalue weighted by atomic mass is 9.93. The summed E-state index contributed by atoms with van der Waals surface area (Å²) in [5.41, 5.74) is 1.95. The summed E-state index contributed by atoms with van der Waals surface area (Å²) in [5.74, 6) is 0.0756. The van der Waals surface area contributed by atoms with Crippen molar-refractivity contribution >= 4 is 5.91 Å². The van der Waals surface area contributed by atoms with Gasteiger partial charge in [0.2, 0.25) is 0 Å². The maximum atomic E-state index is 13.2. The van der Waals surface area contributed by atoms with E-state index < -0.39 is 5.72 Å². The lowest BCUT2D eigenvalue weighted by Crippen LogP contribution is -2.47. The van der Waals surface area contributed by atoms with E-state index in [2.05, 4.69) is 26.0 Å². The number of unbranched alkanes of at least 4 members (excludes halogenated alkanes) is 2. The van der Waals surface area contributed by atoms with Crippen LogP contribution in [0.2, 0.25) is 0 Å². The zero-order chi connectivity index (χ0) is 17.7. The molecule has 2 aromatic rings. The number of nitrogens with zero attached hydrogens (tertiary/aromatic N) is 1. The first-order chi connectivity index (χ1) is 12.3. The maximum absolute atomic E-state index is 13.2. The van der Waals surface area contributed by atoms with Gasteiger partial charge in [0.1, 0.15) is 0 Å². The second-order valence-electron chi connectivity index (χ2n) is 6.57. The summed E-state index contributed by atoms with van der Waals surface area (Å²) in [6.07, 6.45) is 4.13. The largest absolute Gasteiger partial charge is 0.347 e. The molecule has 0 aliphatic carbocycles. The van der Waals surface area contributed by atoms with Crippen LogP contribution in [0.5, 0.6) is 0 Å². The summed E-state index contributed by atoms with van der Waals surface area (Å²) < 4.78 is 6.47. The Morgan fingerprint density at radius 1 is 0.920 bits per heavy atom. The number of hydrogen-bond donors (Lipinski definition) is 0. The first-order valence-corrected chi connectivity index (χ1v) is 9.36. The summed E-state index contributed by atoms with van der Waals surface area (Å²) >= 11 is 0. The number of benzene rings is 2. The SMILES string of the molecule is CCCCCN1C(=O)c2ccccc2C1(OCCC)c1ccccc1. The molecule has 1 unspecified atom stereocenters. The van der Waals surface area contributed by atoms with Crippen molar-refractivity contribution in [3.63, 3.8) is 0 Å². The predicted octanol–water partition coefficient (Wildman–Crippen LogP) is 4.96. The molecule has 1 amide bonds. The highest BCUT2D eigenvalue weighted by molar-refractivity contribution is 6.00. The van der Waals surface area contributed by atoms with Gasteiger partial charge in [-0.3, -0.25) is 4.79 Å². The van der Waals surface area contributed by atoms with E-state index in [0.29, 0.717) is 13.2 Å². The fourth-order valence-electron chi connectivity index (χ4n) is 3.64. The number of amides is 1. The molecule has 3 heteroatoms. The second-order valence-corrected chi connectivity index (χ2v) is 6.57. The van der Waals surface area contributed by atoms with Crippen molar-refractivity contribution in [3.8, 4) is 0 Å². The van der Waals surface area contributed by atoms with Crippen LogP contribution in [-0.2, 0) is 10.5 Å². The number of carbonyl (C=O) groups excluding carboxylic acids is 1. The van der Waals surface area contributed by atoms with E-state index in [-0.39, 0.29) is 5.91 Å². The van der Waals surface area contributed by atoms with Crippen LogP contribution in [0.25, 0.3) is 0 Å². The van der Waals surface area contributed by atoms with Crippen LogP contribution in [0.3, 0.4) is 0 Å². The Kier molecular flexibility index (Phi) is 5.54. The van der Waals surface area contributed by atoms with Crippen LogP contribution < -0.4 is 0 Å². The molecule has 3 rings (SSSR count). The summed E-state index contributed by atoms with van der Waals surface area (Å²) in [7, 11) is 0. The van der Waals surface area contributed by atoms with E-state index in [4.69, 9.17) is 4.74 Å². The van der Waals surface area contributed by atoms with Crippen molar-refractivity contribution in [1.29, 1.82) is 0 Å². The standard InChI is InChI=1S/C22H27NO2/c1-3-5-11-16-23-21(24)19-14-9-10-15-20(19)22(23,25-17-4-2)18-12-7-6-8-13-18/h6-10,12-15H,3-5,11,16-17H2,1-2H3. The van der Waals surface area contributed by atoms with Crippen molar-refractivity contribution in [2.75, 3.05) is 13.2 Å². The third kappa shape index (κ3) is 3.09. The van der Waals surface area contributed by atoms with Crippen LogP contribution in [0.1, 0.15) is 61.0 Å².